The van der Waals surface area contributed by atoms with Crippen molar-refractivity contribution in [1.82, 2.24) is 0 Å². The van der Waals surface area contributed by atoms with Crippen molar-refractivity contribution in [1.29, 1.82) is 5.26 Å². The summed E-state index contributed by atoms with van der Waals surface area (Å²) in [6, 6.07) is 11.2. The quantitative estimate of drug-likeness (QED) is 0.730. The molecule has 0 saturated heterocycles. The Kier molecular flexibility index (Phi) is 4.42. The summed E-state index contributed by atoms with van der Waals surface area (Å²) in [4.78, 5) is 0. The first-order valence-corrected chi connectivity index (χ1v) is 7.22. The molecule has 0 N–H and O–H groups in total. The third kappa shape index (κ3) is 3.13. The van der Waals surface area contributed by atoms with Gasteiger partial charge >= 0.3 is 0 Å². The molecule has 0 radical (unpaired) electrons. The van der Waals surface area contributed by atoms with E-state index in [-0.39, 0.29) is 5.41 Å². The summed E-state index contributed by atoms with van der Waals surface area (Å²) >= 11 is 0. The Balaban J connectivity index is 2.16. The van der Waals surface area contributed by atoms with Gasteiger partial charge in [0.15, 0.2) is 0 Å². The van der Waals surface area contributed by atoms with Gasteiger partial charge in [-0.3, -0.25) is 0 Å². The Bertz CT molecular complexity index is 419. The van der Waals surface area contributed by atoms with Crippen LogP contribution < -0.4 is 0 Å². The van der Waals surface area contributed by atoms with Gasteiger partial charge in [0.25, 0.3) is 0 Å². The van der Waals surface area contributed by atoms with Gasteiger partial charge in [0.1, 0.15) is 0 Å². The molecule has 0 aliphatic heterocycles. The lowest BCUT2D eigenvalue weighted by Gasteiger charge is -2.29. The Labute approximate surface area is 111 Å². The molecule has 0 amide bonds. The minimum atomic E-state index is -0.105. The molecule has 0 heterocycles. The number of nitrogens with zero attached hydrogens (tertiary/aromatic N) is 1. The molecule has 1 heteroatoms. The number of rotatable bonds is 2. The van der Waals surface area contributed by atoms with Crippen LogP contribution in [0.2, 0.25) is 0 Å². The first-order chi connectivity index (χ1) is 8.76. The Morgan fingerprint density at radius 2 is 1.67 bits per heavy atom. The van der Waals surface area contributed by atoms with Crippen molar-refractivity contribution in [3.05, 3.63) is 35.4 Å². The van der Waals surface area contributed by atoms with Crippen LogP contribution in [0.25, 0.3) is 0 Å². The zero-order valence-corrected chi connectivity index (χ0v) is 11.4. The van der Waals surface area contributed by atoms with Crippen LogP contribution >= 0.6 is 0 Å². The highest BCUT2D eigenvalue weighted by molar-refractivity contribution is 5.28. The van der Waals surface area contributed by atoms with Crippen LogP contribution in [0, 0.1) is 23.7 Å². The van der Waals surface area contributed by atoms with Crippen LogP contribution in [0.1, 0.15) is 56.1 Å². The summed E-state index contributed by atoms with van der Waals surface area (Å²) in [7, 11) is 0. The summed E-state index contributed by atoms with van der Waals surface area (Å²) < 4.78 is 0. The summed E-state index contributed by atoms with van der Waals surface area (Å²) in [6.07, 6.45) is 9.50. The smallest absolute Gasteiger partial charge is 0.0693 e. The first kappa shape index (κ1) is 13.1. The molecule has 18 heavy (non-hydrogen) atoms. The zero-order valence-electron chi connectivity index (χ0n) is 11.4. The van der Waals surface area contributed by atoms with E-state index in [0.29, 0.717) is 0 Å². The molecule has 1 aliphatic rings. The van der Waals surface area contributed by atoms with Crippen molar-refractivity contribution < 1.29 is 0 Å². The van der Waals surface area contributed by atoms with E-state index in [9.17, 15) is 5.26 Å². The predicted molar refractivity (Wildman–Crippen MR) is 75.2 cm³/mol. The molecule has 0 spiro atoms. The molecule has 0 atom stereocenters. The Morgan fingerprint density at radius 1 is 1.06 bits per heavy atom. The first-order valence-electron chi connectivity index (χ1n) is 7.22. The summed E-state index contributed by atoms with van der Waals surface area (Å²) in [5, 5.41) is 9.66. The highest BCUT2D eigenvalue weighted by Gasteiger charge is 2.30. The number of nitriles is 1. The van der Waals surface area contributed by atoms with Crippen LogP contribution in [0.5, 0.6) is 0 Å². The third-order valence-corrected chi connectivity index (χ3v) is 4.34. The Morgan fingerprint density at radius 3 is 2.28 bits per heavy atom. The molecular formula is C17H23N. The maximum Gasteiger partial charge on any atom is 0.0693 e. The molecule has 1 aromatic rings. The van der Waals surface area contributed by atoms with Crippen molar-refractivity contribution in [3.8, 4) is 6.07 Å². The van der Waals surface area contributed by atoms with Gasteiger partial charge in [0, 0.05) is 0 Å². The average molecular weight is 241 g/mol. The minimum Gasteiger partial charge on any atom is -0.198 e. The second-order valence-electron chi connectivity index (χ2n) is 5.76. The summed E-state index contributed by atoms with van der Waals surface area (Å²) in [6.45, 7) is 2.16. The van der Waals surface area contributed by atoms with Crippen LogP contribution in [0.15, 0.2) is 24.3 Å². The lowest BCUT2D eigenvalue weighted by atomic mass is 9.73. The van der Waals surface area contributed by atoms with E-state index in [0.717, 1.165) is 19.3 Å². The second kappa shape index (κ2) is 6.05. The van der Waals surface area contributed by atoms with E-state index in [4.69, 9.17) is 0 Å². The van der Waals surface area contributed by atoms with E-state index in [1.807, 2.05) is 0 Å². The van der Waals surface area contributed by atoms with Crippen LogP contribution in [0.4, 0.5) is 0 Å². The van der Waals surface area contributed by atoms with Gasteiger partial charge in [0.05, 0.1) is 11.5 Å². The maximum absolute atomic E-state index is 9.66. The monoisotopic (exact) mass is 241 g/mol. The minimum absolute atomic E-state index is 0.105. The van der Waals surface area contributed by atoms with Gasteiger partial charge in [-0.2, -0.15) is 5.26 Å². The maximum atomic E-state index is 9.66. The molecule has 1 saturated carbocycles. The highest BCUT2D eigenvalue weighted by Crippen LogP contribution is 2.37. The second-order valence-corrected chi connectivity index (χ2v) is 5.76. The molecule has 1 fully saturated rings. The van der Waals surface area contributed by atoms with E-state index in [1.54, 1.807) is 0 Å². The van der Waals surface area contributed by atoms with E-state index >= 15 is 0 Å². The fourth-order valence-corrected chi connectivity index (χ4v) is 3.08. The van der Waals surface area contributed by atoms with E-state index in [2.05, 4.69) is 37.3 Å². The van der Waals surface area contributed by atoms with Gasteiger partial charge in [-0.15, -0.1) is 0 Å². The number of hydrogen-bond donors (Lipinski definition) is 0. The predicted octanol–water partition coefficient (Wildman–Crippen LogP) is 4.79. The lowest BCUT2D eigenvalue weighted by Crippen LogP contribution is -2.23. The highest BCUT2D eigenvalue weighted by atomic mass is 14.4. The molecule has 1 aliphatic carbocycles. The van der Waals surface area contributed by atoms with Crippen LogP contribution in [0.3, 0.4) is 0 Å². The molecule has 2 rings (SSSR count). The molecule has 96 valence electrons. The lowest BCUT2D eigenvalue weighted by molar-refractivity contribution is 0.287. The number of hydrogen-bond acceptors (Lipinski definition) is 1. The molecule has 1 aromatic carbocycles. The normalized spacial score (nSPS) is 19.6. The van der Waals surface area contributed by atoms with Crippen molar-refractivity contribution in [2.24, 2.45) is 5.41 Å². The number of benzene rings is 1. The van der Waals surface area contributed by atoms with Crippen molar-refractivity contribution in [3.63, 3.8) is 0 Å². The molecule has 0 aromatic heterocycles. The topological polar surface area (TPSA) is 23.8 Å². The van der Waals surface area contributed by atoms with Crippen LogP contribution in [-0.2, 0) is 6.42 Å². The largest absolute Gasteiger partial charge is 0.198 e. The van der Waals surface area contributed by atoms with Gasteiger partial charge in [0.2, 0.25) is 0 Å². The standard InChI is InChI=1S/C17H23N/c1-15-9-5-6-10-16(15)13-17(14-18)11-7-3-2-4-8-12-17/h5-6,9-10H,2-4,7-8,11-13H2,1H3. The van der Waals surface area contributed by atoms with Gasteiger partial charge in [-0.1, -0.05) is 56.4 Å². The van der Waals surface area contributed by atoms with Gasteiger partial charge < -0.3 is 0 Å². The molecular weight excluding hydrogens is 218 g/mol. The Hall–Kier alpha value is -1.29. The molecule has 1 nitrogen and oxygen atoms in total. The summed E-state index contributed by atoms with van der Waals surface area (Å²) in [5.74, 6) is 0. The van der Waals surface area contributed by atoms with Crippen molar-refractivity contribution in [2.45, 2.75) is 58.3 Å². The third-order valence-electron chi connectivity index (χ3n) is 4.34. The fraction of sp³-hybridized carbons (Fsp3) is 0.588. The SMILES string of the molecule is Cc1ccccc1CC1(C#N)CCCCCCC1. The van der Waals surface area contributed by atoms with Crippen molar-refractivity contribution in [2.75, 3.05) is 0 Å². The molecule has 0 bridgehead atoms. The zero-order chi connectivity index (χ0) is 12.8. The van der Waals surface area contributed by atoms with Gasteiger partial charge in [-0.25, -0.2) is 0 Å². The van der Waals surface area contributed by atoms with E-state index in [1.165, 1.54) is 43.2 Å². The summed E-state index contributed by atoms with van der Waals surface area (Å²) in [5.41, 5.74) is 2.58. The number of aryl methyl sites for hydroxylation is 1. The van der Waals surface area contributed by atoms with Gasteiger partial charge in [-0.05, 0) is 37.3 Å². The average Bonchev–Trinajstić information content (AvgIpc) is 2.35. The van der Waals surface area contributed by atoms with E-state index < -0.39 is 0 Å². The van der Waals surface area contributed by atoms with Crippen LogP contribution in [-0.4, -0.2) is 0 Å². The fourth-order valence-electron chi connectivity index (χ4n) is 3.08. The van der Waals surface area contributed by atoms with Crippen molar-refractivity contribution >= 4 is 0 Å². The molecule has 0 unspecified atom stereocenters.